The van der Waals surface area contributed by atoms with Crippen LogP contribution < -0.4 is 4.74 Å². The van der Waals surface area contributed by atoms with E-state index in [1.807, 2.05) is 18.2 Å². The number of fused-ring (bicyclic) bond motifs is 3. The van der Waals surface area contributed by atoms with E-state index < -0.39 is 0 Å². The van der Waals surface area contributed by atoms with E-state index in [1.165, 1.54) is 11.1 Å². The summed E-state index contributed by atoms with van der Waals surface area (Å²) in [4.78, 5) is 10.3. The van der Waals surface area contributed by atoms with Crippen molar-refractivity contribution in [1.29, 1.82) is 0 Å². The van der Waals surface area contributed by atoms with E-state index in [4.69, 9.17) is 4.74 Å². The Balaban J connectivity index is 1.50. The molecule has 1 aromatic heterocycles. The number of hydrogen-bond acceptors (Lipinski definition) is 6. The van der Waals surface area contributed by atoms with Gasteiger partial charge in [-0.2, -0.15) is 9.97 Å². The van der Waals surface area contributed by atoms with E-state index >= 15 is 0 Å². The minimum Gasteiger partial charge on any atom is -0.493 e. The molecule has 0 bridgehead atoms. The molecule has 0 saturated carbocycles. The van der Waals surface area contributed by atoms with Crippen molar-refractivity contribution in [3.8, 4) is 17.6 Å². The summed E-state index contributed by atoms with van der Waals surface area (Å²) in [7, 11) is 2.09. The van der Waals surface area contributed by atoms with Crippen LogP contribution in [0.4, 0.5) is 0 Å². The molecule has 0 fully saturated rings. The van der Waals surface area contributed by atoms with Gasteiger partial charge in [0.1, 0.15) is 12.4 Å². The lowest BCUT2D eigenvalue weighted by Gasteiger charge is -2.49. The fraction of sp³-hybridized carbons (Fsp3) is 0.333. The Morgan fingerprint density at radius 3 is 2.77 bits per heavy atom. The lowest BCUT2D eigenvalue weighted by atomic mass is 9.70. The van der Waals surface area contributed by atoms with Gasteiger partial charge < -0.3 is 14.9 Å². The van der Waals surface area contributed by atoms with E-state index in [0.717, 1.165) is 36.3 Å². The molecule has 154 valence electrons. The largest absolute Gasteiger partial charge is 0.493 e. The number of benzene rings is 2. The Morgan fingerprint density at radius 1 is 1.10 bits per heavy atom. The summed E-state index contributed by atoms with van der Waals surface area (Å²) in [6.07, 6.45) is 3.73. The quantitative estimate of drug-likeness (QED) is 0.695. The van der Waals surface area contributed by atoms with Crippen LogP contribution in [0.5, 0.6) is 17.6 Å². The number of ether oxygens (including phenoxy) is 1. The van der Waals surface area contributed by atoms with Gasteiger partial charge in [0.25, 0.3) is 0 Å². The van der Waals surface area contributed by atoms with Crippen LogP contribution in [0.25, 0.3) is 0 Å². The fourth-order valence-electron chi connectivity index (χ4n) is 4.94. The summed E-state index contributed by atoms with van der Waals surface area (Å²) >= 11 is 0. The zero-order valence-corrected chi connectivity index (χ0v) is 17.0. The highest BCUT2D eigenvalue weighted by molar-refractivity contribution is 5.46. The zero-order valence-electron chi connectivity index (χ0n) is 17.0. The molecule has 0 amide bonds. The Kier molecular flexibility index (Phi) is 4.59. The molecule has 30 heavy (non-hydrogen) atoms. The third-order valence-corrected chi connectivity index (χ3v) is 6.51. The number of nitrogens with zero attached hydrogens (tertiary/aromatic N) is 3. The molecule has 1 atom stereocenters. The van der Waals surface area contributed by atoms with Crippen LogP contribution in [0.3, 0.4) is 0 Å². The van der Waals surface area contributed by atoms with Crippen molar-refractivity contribution in [2.45, 2.75) is 44.4 Å². The number of aromatic hydroxyl groups is 2. The first-order chi connectivity index (χ1) is 14.5. The van der Waals surface area contributed by atoms with Gasteiger partial charge in [0.15, 0.2) is 0 Å². The van der Waals surface area contributed by atoms with Crippen LogP contribution in [0.1, 0.15) is 40.8 Å². The third-order valence-electron chi connectivity index (χ3n) is 6.51. The molecule has 6 nitrogen and oxygen atoms in total. The van der Waals surface area contributed by atoms with Gasteiger partial charge in [-0.15, -0.1) is 0 Å². The molecule has 1 unspecified atom stereocenters. The molecule has 0 radical (unpaired) electrons. The first-order valence-electron chi connectivity index (χ1n) is 10.3. The summed E-state index contributed by atoms with van der Waals surface area (Å²) in [5.41, 5.74) is 4.90. The summed E-state index contributed by atoms with van der Waals surface area (Å²) < 4.78 is 6.11. The van der Waals surface area contributed by atoms with Gasteiger partial charge in [-0.1, -0.05) is 36.4 Å². The number of rotatable bonds is 3. The first-order valence-corrected chi connectivity index (χ1v) is 10.3. The highest BCUT2D eigenvalue weighted by Gasteiger charge is 2.45. The van der Waals surface area contributed by atoms with E-state index in [2.05, 4.69) is 52.2 Å². The fourth-order valence-corrected chi connectivity index (χ4v) is 4.94. The second kappa shape index (κ2) is 7.29. The first kappa shape index (κ1) is 18.9. The summed E-state index contributed by atoms with van der Waals surface area (Å²) in [5, 5.41) is 20.0. The average Bonchev–Trinajstić information content (AvgIpc) is 2.75. The molecule has 5 rings (SSSR count). The molecule has 2 aromatic carbocycles. The molecule has 1 spiro atoms. The minimum absolute atomic E-state index is 0.129. The Bertz CT molecular complexity index is 1090. The Hall–Kier alpha value is -3.12. The SMILES string of the molecule is CN1Cc2c(O)nc(O)nc2CC12CCCc1ccc(OCc3ccccc3)cc12. The minimum atomic E-state index is -0.373. The second-order valence-corrected chi connectivity index (χ2v) is 8.28. The van der Waals surface area contributed by atoms with E-state index in [0.29, 0.717) is 25.1 Å². The smallest absolute Gasteiger partial charge is 0.317 e. The molecular formula is C24H25N3O3. The van der Waals surface area contributed by atoms with E-state index in [9.17, 15) is 10.2 Å². The lowest BCUT2D eigenvalue weighted by molar-refractivity contribution is 0.0705. The van der Waals surface area contributed by atoms with Crippen LogP contribution in [-0.2, 0) is 31.5 Å². The number of likely N-dealkylation sites (N-methyl/N-ethyl adjacent to an activating group) is 1. The molecule has 2 N–H and O–H groups in total. The van der Waals surface area contributed by atoms with Gasteiger partial charge in [0, 0.05) is 13.0 Å². The standard InChI is InChI=1S/C24H25N3O3/c1-27-14-19-21(25-23(29)26-22(19)28)13-24(27)11-5-8-17-9-10-18(12-20(17)24)30-15-16-6-3-2-4-7-16/h2-4,6-7,9-10,12H,5,8,11,13-15H2,1H3,(H2,25,26,28,29). The normalized spacial score (nSPS) is 20.6. The molecule has 6 heteroatoms. The van der Waals surface area contributed by atoms with Gasteiger partial charge in [-0.05, 0) is 55.1 Å². The van der Waals surface area contributed by atoms with Gasteiger partial charge in [0.05, 0.1) is 16.8 Å². The van der Waals surface area contributed by atoms with Crippen molar-refractivity contribution in [3.05, 3.63) is 76.5 Å². The van der Waals surface area contributed by atoms with Crippen molar-refractivity contribution in [3.63, 3.8) is 0 Å². The second-order valence-electron chi connectivity index (χ2n) is 8.28. The van der Waals surface area contributed by atoms with Crippen LogP contribution >= 0.6 is 0 Å². The summed E-state index contributed by atoms with van der Waals surface area (Å²) in [5.74, 6) is 0.724. The molecule has 2 heterocycles. The number of aryl methyl sites for hydroxylation is 1. The van der Waals surface area contributed by atoms with Gasteiger partial charge in [-0.3, -0.25) is 4.90 Å². The van der Waals surface area contributed by atoms with Crippen LogP contribution in [0, 0.1) is 0 Å². The van der Waals surface area contributed by atoms with Crippen LogP contribution in [-0.4, -0.2) is 32.1 Å². The number of hydrogen-bond donors (Lipinski definition) is 2. The Labute approximate surface area is 175 Å². The topological polar surface area (TPSA) is 78.7 Å². The van der Waals surface area contributed by atoms with E-state index in [1.54, 1.807) is 0 Å². The summed E-state index contributed by atoms with van der Waals surface area (Å²) in [6, 6.07) is 16.2. The lowest BCUT2D eigenvalue weighted by Crippen LogP contribution is -2.50. The van der Waals surface area contributed by atoms with Crippen molar-refractivity contribution in [2.24, 2.45) is 0 Å². The molecule has 2 aliphatic rings. The highest BCUT2D eigenvalue weighted by atomic mass is 16.5. The van der Waals surface area contributed by atoms with Crippen molar-refractivity contribution < 1.29 is 14.9 Å². The van der Waals surface area contributed by atoms with Crippen molar-refractivity contribution in [1.82, 2.24) is 14.9 Å². The van der Waals surface area contributed by atoms with Crippen molar-refractivity contribution >= 4 is 0 Å². The summed E-state index contributed by atoms with van der Waals surface area (Å²) in [6.45, 7) is 1.07. The maximum absolute atomic E-state index is 10.2. The molecular weight excluding hydrogens is 378 g/mol. The molecule has 0 saturated heterocycles. The molecule has 1 aliphatic carbocycles. The van der Waals surface area contributed by atoms with Gasteiger partial charge >= 0.3 is 6.01 Å². The predicted molar refractivity (Wildman–Crippen MR) is 112 cm³/mol. The highest BCUT2D eigenvalue weighted by Crippen LogP contribution is 2.47. The maximum Gasteiger partial charge on any atom is 0.317 e. The van der Waals surface area contributed by atoms with Crippen LogP contribution in [0.2, 0.25) is 0 Å². The van der Waals surface area contributed by atoms with Crippen LogP contribution in [0.15, 0.2) is 48.5 Å². The maximum atomic E-state index is 10.2. The van der Waals surface area contributed by atoms with Gasteiger partial charge in [-0.25, -0.2) is 0 Å². The van der Waals surface area contributed by atoms with Gasteiger partial charge in [0.2, 0.25) is 5.88 Å². The monoisotopic (exact) mass is 403 g/mol. The van der Waals surface area contributed by atoms with Crippen molar-refractivity contribution in [2.75, 3.05) is 7.05 Å². The average molecular weight is 403 g/mol. The zero-order chi connectivity index (χ0) is 20.7. The Morgan fingerprint density at radius 2 is 1.93 bits per heavy atom. The van der Waals surface area contributed by atoms with E-state index in [-0.39, 0.29) is 17.4 Å². The molecule has 3 aromatic rings. The molecule has 1 aliphatic heterocycles. The third kappa shape index (κ3) is 3.17. The number of aromatic nitrogens is 2. The predicted octanol–water partition coefficient (Wildman–Crippen LogP) is 3.69.